The molecule has 4 atom stereocenters. The van der Waals surface area contributed by atoms with E-state index in [1.807, 2.05) is 60.9 Å². The van der Waals surface area contributed by atoms with E-state index < -0.39 is 24.0 Å². The summed E-state index contributed by atoms with van der Waals surface area (Å²) in [4.78, 5) is 38.5. The largest absolute Gasteiger partial charge is 0.380 e. The molecule has 0 saturated carbocycles. The predicted octanol–water partition coefficient (Wildman–Crippen LogP) is 8.12. The molecule has 2 aliphatic rings. The normalized spacial score (nSPS) is 16.2. The molecule has 4 aromatic carbocycles. The van der Waals surface area contributed by atoms with E-state index in [0.29, 0.717) is 59.6 Å². The Kier molecular flexibility index (Phi) is 21.9. The maximum absolute atomic E-state index is 12.4. The van der Waals surface area contributed by atoms with Crippen LogP contribution in [-0.2, 0) is 41.6 Å². The molecule has 16 nitrogen and oxygen atoms in total. The molecule has 2 aliphatic heterocycles. The van der Waals surface area contributed by atoms with Crippen molar-refractivity contribution >= 4 is 69.9 Å². The summed E-state index contributed by atoms with van der Waals surface area (Å²) in [5.74, 6) is -0.0843. The van der Waals surface area contributed by atoms with E-state index in [0.717, 1.165) is 71.2 Å². The van der Waals surface area contributed by atoms with Crippen molar-refractivity contribution in [2.45, 2.75) is 37.1 Å². The van der Waals surface area contributed by atoms with Crippen molar-refractivity contribution in [3.63, 3.8) is 0 Å². The molecule has 6 aromatic rings. The number of nitrogens with zero attached hydrogens (tertiary/aromatic N) is 4. The maximum atomic E-state index is 12.4. The van der Waals surface area contributed by atoms with E-state index in [1.54, 1.807) is 0 Å². The van der Waals surface area contributed by atoms with Crippen molar-refractivity contribution < 1.29 is 38.7 Å². The van der Waals surface area contributed by atoms with Gasteiger partial charge in [0.25, 0.3) is 11.8 Å². The van der Waals surface area contributed by atoms with Gasteiger partial charge in [0, 0.05) is 108 Å². The maximum Gasteiger partial charge on any atom is 0.252 e. The molecule has 4 heterocycles. The summed E-state index contributed by atoms with van der Waals surface area (Å²) in [6.45, 7) is 6.77. The second-order valence-corrected chi connectivity index (χ2v) is 21.0. The molecule has 78 heavy (non-hydrogen) atoms. The number of halogens is 4. The van der Waals surface area contributed by atoms with Gasteiger partial charge in [0.05, 0.1) is 52.9 Å². The number of aliphatic hydroxyl groups excluding tert-OH is 2. The summed E-state index contributed by atoms with van der Waals surface area (Å²) in [6, 6.07) is 32.6. The van der Waals surface area contributed by atoms with E-state index in [1.165, 1.54) is 22.3 Å². The number of rotatable bonds is 27. The van der Waals surface area contributed by atoms with Crippen molar-refractivity contribution in [2.24, 2.45) is 0 Å². The van der Waals surface area contributed by atoms with Gasteiger partial charge in [0.15, 0.2) is 12.2 Å². The molecule has 2 amide bonds. The van der Waals surface area contributed by atoms with Crippen LogP contribution in [0, 0.1) is 0 Å². The second-order valence-electron chi connectivity index (χ2n) is 19.3. The molecular weight excluding hydrogens is 1080 g/mol. The number of carbonyl (C=O) groups excluding carboxylic acids is 2. The Bertz CT molecular complexity index is 2750. The van der Waals surface area contributed by atoms with Gasteiger partial charge in [-0.15, -0.1) is 0 Å². The van der Waals surface area contributed by atoms with Crippen LogP contribution in [0.2, 0.25) is 20.1 Å². The van der Waals surface area contributed by atoms with Crippen molar-refractivity contribution in [3.05, 3.63) is 163 Å². The number of anilines is 2. The number of carbonyl (C=O) groups is 2. The summed E-state index contributed by atoms with van der Waals surface area (Å²) in [7, 11) is 4.20. The number of hydrogen-bond acceptors (Lipinski definition) is 14. The number of nitrogens with one attached hydrogen (secondary N) is 4. The third-order valence-corrected chi connectivity index (χ3v) is 14.6. The van der Waals surface area contributed by atoms with Crippen LogP contribution < -0.4 is 21.3 Å². The number of benzene rings is 4. The van der Waals surface area contributed by atoms with E-state index in [4.69, 9.17) is 65.4 Å². The van der Waals surface area contributed by atoms with E-state index in [-0.39, 0.29) is 51.4 Å². The zero-order valence-corrected chi connectivity index (χ0v) is 46.7. The molecule has 0 radical (unpaired) electrons. The first kappa shape index (κ1) is 58.7. The molecular formula is C58H66Cl4N8O8. The molecule has 2 aromatic heterocycles. The molecule has 20 heteroatoms. The van der Waals surface area contributed by atoms with Gasteiger partial charge in [-0.2, -0.15) is 0 Å². The fraction of sp³-hybridized carbons (Fsp3) is 0.379. The van der Waals surface area contributed by atoms with Crippen molar-refractivity contribution in [3.8, 4) is 22.3 Å². The molecule has 6 N–H and O–H groups in total. The lowest BCUT2D eigenvalue weighted by molar-refractivity contribution is -0.146. The van der Waals surface area contributed by atoms with Crippen molar-refractivity contribution in [1.82, 2.24) is 30.4 Å². The lowest BCUT2D eigenvalue weighted by atomic mass is 9.84. The number of aliphatic hydroxyl groups is 2. The summed E-state index contributed by atoms with van der Waals surface area (Å²) in [6.07, 6.45) is -0.232. The number of pyridine rings is 2. The summed E-state index contributed by atoms with van der Waals surface area (Å²) in [5.41, 5.74) is 11.1. The highest BCUT2D eigenvalue weighted by Gasteiger charge is 2.31. The van der Waals surface area contributed by atoms with Crippen molar-refractivity contribution in [1.29, 1.82) is 0 Å². The molecule has 0 spiro atoms. The fourth-order valence-electron chi connectivity index (χ4n) is 9.60. The average Bonchev–Trinajstić information content (AvgIpc) is 3.60. The minimum atomic E-state index is -1.96. The van der Waals surface area contributed by atoms with Crippen LogP contribution in [-0.4, -0.2) is 160 Å². The molecule has 0 saturated heterocycles. The van der Waals surface area contributed by atoms with Gasteiger partial charge in [-0.25, -0.2) is 9.97 Å². The Morgan fingerprint density at radius 1 is 0.538 bits per heavy atom. The quantitative estimate of drug-likeness (QED) is 0.0271. The number of ether oxygens (including phenoxy) is 4. The standard InChI is InChI=1S/C58H66Cl4N8O8/c1-69-33-47(45-27-43(59)29-51(61)49(45)35-69)39-7-3-5-37(25-39)41-9-11-53(67-31-41)63-13-17-75-21-23-77-19-15-65-57(73)55(71)56(72)58(74)66-16-20-78-24-22-76-18-14-64-54-12-10-42(32-68-54)38-6-4-8-40(26-38)48-34-70(2)36-50-46(48)28-44(60)30-52(50)62/h3-12,25-32,47-48,55-56,71-72H,13-24,33-36H2,1-2H3,(H,63,67)(H,64,68)(H,65,73)(H,66,74)/t47-,48-,55+,56+/m0/s1. The molecule has 0 fully saturated rings. The van der Waals surface area contributed by atoms with Crippen LogP contribution in [0.5, 0.6) is 0 Å². The van der Waals surface area contributed by atoms with Gasteiger partial charge in [0.2, 0.25) is 0 Å². The first-order valence-electron chi connectivity index (χ1n) is 26.0. The average molecular weight is 1150 g/mol. The Morgan fingerprint density at radius 2 is 0.936 bits per heavy atom. The number of likely N-dealkylation sites (N-methyl/N-ethyl adjacent to an activating group) is 2. The number of aromatic nitrogens is 2. The van der Waals surface area contributed by atoms with Crippen LogP contribution in [0.25, 0.3) is 22.3 Å². The molecule has 0 bridgehead atoms. The Hall–Kier alpha value is -5.44. The fourth-order valence-corrected chi connectivity index (χ4v) is 10.7. The lowest BCUT2D eigenvalue weighted by Gasteiger charge is -2.33. The highest BCUT2D eigenvalue weighted by atomic mass is 35.5. The van der Waals surface area contributed by atoms with Gasteiger partial charge >= 0.3 is 0 Å². The highest BCUT2D eigenvalue weighted by Crippen LogP contribution is 2.41. The summed E-state index contributed by atoms with van der Waals surface area (Å²) < 4.78 is 22.3. The third-order valence-electron chi connectivity index (χ3n) is 13.5. The number of fused-ring (bicyclic) bond motifs is 2. The minimum Gasteiger partial charge on any atom is -0.380 e. The van der Waals surface area contributed by atoms with E-state index in [2.05, 4.69) is 104 Å². The van der Waals surface area contributed by atoms with Gasteiger partial charge in [-0.1, -0.05) is 94.9 Å². The van der Waals surface area contributed by atoms with E-state index in [9.17, 15) is 19.8 Å². The zero-order chi connectivity index (χ0) is 55.0. The lowest BCUT2D eigenvalue weighted by Crippen LogP contribution is -2.50. The third kappa shape index (κ3) is 16.3. The molecule has 414 valence electrons. The van der Waals surface area contributed by atoms with Gasteiger partial charge in [0.1, 0.15) is 11.6 Å². The topological polar surface area (TPSA) is 192 Å². The Balaban J connectivity index is 0.617. The van der Waals surface area contributed by atoms with Crippen LogP contribution in [0.4, 0.5) is 11.6 Å². The van der Waals surface area contributed by atoms with Crippen LogP contribution in [0.1, 0.15) is 45.2 Å². The van der Waals surface area contributed by atoms with Gasteiger partial charge in [-0.05, 0) is 107 Å². The van der Waals surface area contributed by atoms with Gasteiger partial charge < -0.3 is 60.2 Å². The first-order chi connectivity index (χ1) is 37.8. The second kappa shape index (κ2) is 29.1. The van der Waals surface area contributed by atoms with Crippen LogP contribution in [0.3, 0.4) is 0 Å². The summed E-state index contributed by atoms with van der Waals surface area (Å²) >= 11 is 26.0. The molecule has 0 aliphatic carbocycles. The van der Waals surface area contributed by atoms with Crippen LogP contribution >= 0.6 is 46.4 Å². The Labute approximate surface area is 475 Å². The van der Waals surface area contributed by atoms with Gasteiger partial charge in [-0.3, -0.25) is 9.59 Å². The first-order valence-corrected chi connectivity index (χ1v) is 27.5. The molecule has 0 unspecified atom stereocenters. The number of amides is 2. The number of hydrogen-bond donors (Lipinski definition) is 6. The molecule has 8 rings (SSSR count). The SMILES string of the molecule is CN1Cc2c(Cl)cc(Cl)cc2[C@H](c2cccc(-c3ccc(NCCOCCOCCNC(=O)[C@H](O)[C@@H](O)C(=O)NCCOCCOCCNc4ccc(-c5cccc([C@@H]6CN(C)Cc7c(Cl)cc(Cl)cc76)c5)cn4)nc3)c2)C1. The summed E-state index contributed by atoms with van der Waals surface area (Å²) in [5, 5.41) is 34.6. The smallest absolute Gasteiger partial charge is 0.252 e. The van der Waals surface area contributed by atoms with E-state index >= 15 is 0 Å². The van der Waals surface area contributed by atoms with Crippen LogP contribution in [0.15, 0.2) is 109 Å². The minimum absolute atomic E-state index is 0.0580. The zero-order valence-electron chi connectivity index (χ0n) is 43.7. The monoisotopic (exact) mass is 1140 g/mol. The predicted molar refractivity (Wildman–Crippen MR) is 307 cm³/mol. The van der Waals surface area contributed by atoms with Crippen molar-refractivity contribution in [2.75, 3.05) is 117 Å². The Morgan fingerprint density at radius 3 is 1.32 bits per heavy atom. The highest BCUT2D eigenvalue weighted by molar-refractivity contribution is 6.35.